The van der Waals surface area contributed by atoms with Gasteiger partial charge in [-0.3, -0.25) is 4.79 Å². The summed E-state index contributed by atoms with van der Waals surface area (Å²) in [5, 5.41) is 3.01. The second-order valence-corrected chi connectivity index (χ2v) is 3.56. The van der Waals surface area contributed by atoms with E-state index in [2.05, 4.69) is 5.32 Å². The standard InChI is InChI=1S/C12H16FNO/c1-3-6-14-8-12(15)11-7-10(13)5-4-9(11)2/h4-5,7,14H,3,6,8H2,1-2H3. The minimum atomic E-state index is -0.362. The van der Waals surface area contributed by atoms with Crippen LogP contribution in [-0.2, 0) is 0 Å². The number of halogens is 1. The fourth-order valence-electron chi connectivity index (χ4n) is 1.37. The maximum absolute atomic E-state index is 12.9. The van der Waals surface area contributed by atoms with E-state index in [1.807, 2.05) is 13.8 Å². The van der Waals surface area contributed by atoms with E-state index < -0.39 is 0 Å². The number of aryl methyl sites for hydroxylation is 1. The van der Waals surface area contributed by atoms with E-state index >= 15 is 0 Å². The molecule has 0 aliphatic carbocycles. The molecule has 0 aliphatic rings. The van der Waals surface area contributed by atoms with Gasteiger partial charge in [-0.25, -0.2) is 4.39 Å². The molecule has 82 valence electrons. The summed E-state index contributed by atoms with van der Waals surface area (Å²) in [7, 11) is 0. The Morgan fingerprint density at radius 3 is 2.87 bits per heavy atom. The van der Waals surface area contributed by atoms with Crippen LogP contribution < -0.4 is 5.32 Å². The highest BCUT2D eigenvalue weighted by Gasteiger charge is 2.09. The molecule has 0 amide bonds. The van der Waals surface area contributed by atoms with Crippen molar-refractivity contribution in [3.63, 3.8) is 0 Å². The van der Waals surface area contributed by atoms with Gasteiger partial charge in [0.1, 0.15) is 5.82 Å². The molecule has 2 nitrogen and oxygen atoms in total. The molecule has 0 aliphatic heterocycles. The molecule has 15 heavy (non-hydrogen) atoms. The number of rotatable bonds is 5. The summed E-state index contributed by atoms with van der Waals surface area (Å²) >= 11 is 0. The van der Waals surface area contributed by atoms with Crippen molar-refractivity contribution in [3.8, 4) is 0 Å². The lowest BCUT2D eigenvalue weighted by Crippen LogP contribution is -2.24. The molecule has 0 heterocycles. The number of carbonyl (C=O) groups is 1. The molecule has 0 aromatic heterocycles. The second kappa shape index (κ2) is 5.61. The van der Waals surface area contributed by atoms with Crippen molar-refractivity contribution in [2.75, 3.05) is 13.1 Å². The van der Waals surface area contributed by atoms with E-state index in [4.69, 9.17) is 0 Å². The van der Waals surface area contributed by atoms with E-state index in [0.717, 1.165) is 18.5 Å². The molecule has 0 saturated heterocycles. The average Bonchev–Trinajstić information content (AvgIpc) is 2.22. The number of carbonyl (C=O) groups excluding carboxylic acids is 1. The van der Waals surface area contributed by atoms with E-state index in [9.17, 15) is 9.18 Å². The summed E-state index contributed by atoms with van der Waals surface area (Å²) < 4.78 is 12.9. The first-order valence-corrected chi connectivity index (χ1v) is 5.15. The summed E-state index contributed by atoms with van der Waals surface area (Å²) in [6.07, 6.45) is 0.982. The van der Waals surface area contributed by atoms with Gasteiger partial charge < -0.3 is 5.32 Å². The number of hydrogen-bond acceptors (Lipinski definition) is 2. The van der Waals surface area contributed by atoms with E-state index in [0.29, 0.717) is 5.56 Å². The van der Waals surface area contributed by atoms with Gasteiger partial charge in [-0.15, -0.1) is 0 Å². The van der Waals surface area contributed by atoms with Crippen molar-refractivity contribution < 1.29 is 9.18 Å². The molecule has 1 N–H and O–H groups in total. The fourth-order valence-corrected chi connectivity index (χ4v) is 1.37. The predicted octanol–water partition coefficient (Wildman–Crippen LogP) is 2.32. The summed E-state index contributed by atoms with van der Waals surface area (Å²) in [4.78, 5) is 11.7. The molecule has 0 radical (unpaired) electrons. The van der Waals surface area contributed by atoms with Crippen molar-refractivity contribution >= 4 is 5.78 Å². The van der Waals surface area contributed by atoms with Crippen LogP contribution in [0.15, 0.2) is 18.2 Å². The van der Waals surface area contributed by atoms with Crippen LogP contribution in [0.3, 0.4) is 0 Å². The summed E-state index contributed by atoms with van der Waals surface area (Å²) in [6.45, 7) is 4.93. The Morgan fingerprint density at radius 1 is 1.47 bits per heavy atom. The predicted molar refractivity (Wildman–Crippen MR) is 58.6 cm³/mol. The zero-order valence-electron chi connectivity index (χ0n) is 9.14. The molecule has 1 aromatic rings. The quantitative estimate of drug-likeness (QED) is 0.595. The summed E-state index contributed by atoms with van der Waals surface area (Å²) in [5.41, 5.74) is 1.29. The topological polar surface area (TPSA) is 29.1 Å². The SMILES string of the molecule is CCCNCC(=O)c1cc(F)ccc1C. The molecule has 0 atom stereocenters. The van der Waals surface area contributed by atoms with Crippen LogP contribution in [0.2, 0.25) is 0 Å². The Morgan fingerprint density at radius 2 is 2.20 bits per heavy atom. The Hall–Kier alpha value is -1.22. The molecule has 3 heteroatoms. The lowest BCUT2D eigenvalue weighted by molar-refractivity contribution is 0.0990. The third-order valence-corrected chi connectivity index (χ3v) is 2.21. The van der Waals surface area contributed by atoms with Gasteiger partial charge in [-0.05, 0) is 37.6 Å². The first kappa shape index (κ1) is 11.9. The van der Waals surface area contributed by atoms with E-state index in [-0.39, 0.29) is 18.1 Å². The van der Waals surface area contributed by atoms with Crippen LogP contribution in [0.4, 0.5) is 4.39 Å². The normalized spacial score (nSPS) is 10.3. The van der Waals surface area contributed by atoms with E-state index in [1.54, 1.807) is 6.07 Å². The van der Waals surface area contributed by atoms with Gasteiger partial charge >= 0.3 is 0 Å². The van der Waals surface area contributed by atoms with Crippen molar-refractivity contribution in [3.05, 3.63) is 35.1 Å². The average molecular weight is 209 g/mol. The van der Waals surface area contributed by atoms with Crippen molar-refractivity contribution in [1.29, 1.82) is 0 Å². The Labute approximate surface area is 89.5 Å². The lowest BCUT2D eigenvalue weighted by atomic mass is 10.0. The third kappa shape index (κ3) is 3.44. The van der Waals surface area contributed by atoms with Crippen LogP contribution >= 0.6 is 0 Å². The smallest absolute Gasteiger partial charge is 0.176 e. The van der Waals surface area contributed by atoms with Crippen LogP contribution in [-0.4, -0.2) is 18.9 Å². The molecule has 0 unspecified atom stereocenters. The number of benzene rings is 1. The minimum absolute atomic E-state index is 0.0551. The highest BCUT2D eigenvalue weighted by Crippen LogP contribution is 2.10. The van der Waals surface area contributed by atoms with Crippen molar-refractivity contribution in [2.24, 2.45) is 0 Å². The van der Waals surface area contributed by atoms with Gasteiger partial charge in [0.05, 0.1) is 6.54 Å². The van der Waals surface area contributed by atoms with Crippen molar-refractivity contribution in [1.82, 2.24) is 5.32 Å². The molecule has 1 aromatic carbocycles. The number of hydrogen-bond donors (Lipinski definition) is 1. The van der Waals surface area contributed by atoms with E-state index in [1.165, 1.54) is 12.1 Å². The number of ketones is 1. The fraction of sp³-hybridized carbons (Fsp3) is 0.417. The van der Waals surface area contributed by atoms with Crippen molar-refractivity contribution in [2.45, 2.75) is 20.3 Å². The highest BCUT2D eigenvalue weighted by atomic mass is 19.1. The third-order valence-electron chi connectivity index (χ3n) is 2.21. The maximum atomic E-state index is 12.9. The molecule has 0 fully saturated rings. The lowest BCUT2D eigenvalue weighted by Gasteiger charge is -2.05. The minimum Gasteiger partial charge on any atom is -0.310 e. The number of nitrogens with one attached hydrogen (secondary N) is 1. The van der Waals surface area contributed by atoms with Crippen LogP contribution in [0.25, 0.3) is 0 Å². The summed E-state index contributed by atoms with van der Waals surface area (Å²) in [6, 6.07) is 4.29. The molecule has 0 spiro atoms. The monoisotopic (exact) mass is 209 g/mol. The molecular formula is C12H16FNO. The molecule has 0 bridgehead atoms. The first-order chi connectivity index (χ1) is 7.15. The largest absolute Gasteiger partial charge is 0.310 e. The molecule has 0 saturated carbocycles. The molecule has 1 rings (SSSR count). The zero-order valence-corrected chi connectivity index (χ0v) is 9.14. The van der Waals surface area contributed by atoms with Gasteiger partial charge in [-0.1, -0.05) is 13.0 Å². The Bertz CT molecular complexity index is 349. The Balaban J connectivity index is 2.68. The van der Waals surface area contributed by atoms with Crippen LogP contribution in [0.1, 0.15) is 29.3 Å². The maximum Gasteiger partial charge on any atom is 0.176 e. The zero-order chi connectivity index (χ0) is 11.3. The summed E-state index contributed by atoms with van der Waals surface area (Å²) in [5.74, 6) is -0.417. The van der Waals surface area contributed by atoms with Crippen LogP contribution in [0.5, 0.6) is 0 Å². The molecular weight excluding hydrogens is 193 g/mol. The van der Waals surface area contributed by atoms with Gasteiger partial charge in [-0.2, -0.15) is 0 Å². The Kier molecular flexibility index (Phi) is 4.43. The van der Waals surface area contributed by atoms with Crippen LogP contribution in [0, 0.1) is 12.7 Å². The van der Waals surface area contributed by atoms with Gasteiger partial charge in [0.2, 0.25) is 0 Å². The first-order valence-electron chi connectivity index (χ1n) is 5.15. The highest BCUT2D eigenvalue weighted by molar-refractivity contribution is 5.98. The van der Waals surface area contributed by atoms with Gasteiger partial charge in [0.25, 0.3) is 0 Å². The van der Waals surface area contributed by atoms with Gasteiger partial charge in [0, 0.05) is 5.56 Å². The van der Waals surface area contributed by atoms with Gasteiger partial charge in [0.15, 0.2) is 5.78 Å². The second-order valence-electron chi connectivity index (χ2n) is 3.56. The number of Topliss-reactive ketones (excluding diaryl/α,β-unsaturated/α-hetero) is 1.